The van der Waals surface area contributed by atoms with Crippen molar-refractivity contribution in [3.05, 3.63) is 100 Å². The van der Waals surface area contributed by atoms with Crippen LogP contribution in [0, 0.1) is 25.7 Å². The Kier molecular flexibility index (Phi) is 3.57. The molecule has 4 aliphatic rings. The minimum Gasteiger partial charge on any atom is -0.274 e. The highest BCUT2D eigenvalue weighted by Crippen LogP contribution is 2.66. The topological polar surface area (TPSA) is 37.4 Å². The first kappa shape index (κ1) is 18.1. The summed E-state index contributed by atoms with van der Waals surface area (Å²) in [5.74, 6) is -1.16. The normalized spacial score (nSPS) is 28.4. The van der Waals surface area contributed by atoms with Crippen LogP contribution in [0.4, 0.5) is 5.69 Å². The van der Waals surface area contributed by atoms with Crippen LogP contribution in [0.25, 0.3) is 0 Å². The van der Waals surface area contributed by atoms with Gasteiger partial charge < -0.3 is 0 Å². The SMILES string of the molecule is Cc1ccc(N2C(=O)[C@H]3C4c5ccccc5C(Br)(c5ccccc54)[C@H]3C2=O)cc1C. The largest absolute Gasteiger partial charge is 0.274 e. The Bertz CT molecular complexity index is 1220. The summed E-state index contributed by atoms with van der Waals surface area (Å²) in [4.78, 5) is 29.1. The molecule has 0 unspecified atom stereocenters. The van der Waals surface area contributed by atoms with Crippen molar-refractivity contribution in [2.24, 2.45) is 11.8 Å². The minimum absolute atomic E-state index is 0.0916. The van der Waals surface area contributed by atoms with Crippen molar-refractivity contribution in [2.45, 2.75) is 24.1 Å². The number of aryl methyl sites for hydroxylation is 2. The van der Waals surface area contributed by atoms with E-state index in [1.54, 1.807) is 0 Å². The van der Waals surface area contributed by atoms with Crippen LogP contribution in [0.1, 0.15) is 39.3 Å². The maximum atomic E-state index is 13.8. The van der Waals surface area contributed by atoms with Gasteiger partial charge in [-0.25, -0.2) is 4.90 Å². The molecule has 1 saturated heterocycles. The van der Waals surface area contributed by atoms with E-state index < -0.39 is 16.2 Å². The van der Waals surface area contributed by atoms with E-state index in [0.29, 0.717) is 5.69 Å². The van der Waals surface area contributed by atoms with Gasteiger partial charge >= 0.3 is 0 Å². The predicted molar refractivity (Wildman–Crippen MR) is 120 cm³/mol. The second-order valence-corrected chi connectivity index (χ2v) is 9.90. The monoisotopic (exact) mass is 457 g/mol. The fourth-order valence-electron chi connectivity index (χ4n) is 5.80. The number of carbonyl (C=O) groups is 2. The third-order valence-corrected chi connectivity index (χ3v) is 8.61. The quantitative estimate of drug-likeness (QED) is 0.371. The van der Waals surface area contributed by atoms with Crippen molar-refractivity contribution < 1.29 is 9.59 Å². The molecule has 7 rings (SSSR count). The van der Waals surface area contributed by atoms with Crippen LogP contribution < -0.4 is 4.90 Å². The lowest BCUT2D eigenvalue weighted by Crippen LogP contribution is -2.50. The van der Waals surface area contributed by atoms with Crippen LogP contribution in [-0.2, 0) is 13.9 Å². The van der Waals surface area contributed by atoms with Gasteiger partial charge in [0.15, 0.2) is 0 Å². The van der Waals surface area contributed by atoms with Crippen LogP contribution in [0.3, 0.4) is 0 Å². The second kappa shape index (κ2) is 5.92. The van der Waals surface area contributed by atoms with Gasteiger partial charge in [0, 0.05) is 5.92 Å². The maximum Gasteiger partial charge on any atom is 0.239 e. The summed E-state index contributed by atoms with van der Waals surface area (Å²) in [7, 11) is 0. The number of hydrogen-bond acceptors (Lipinski definition) is 2. The molecule has 3 aliphatic carbocycles. The molecule has 0 radical (unpaired) electrons. The Hall–Kier alpha value is -2.72. The first-order valence-electron chi connectivity index (χ1n) is 10.3. The summed E-state index contributed by atoms with van der Waals surface area (Å²) in [5.41, 5.74) is 7.41. The first-order chi connectivity index (χ1) is 14.4. The summed E-state index contributed by atoms with van der Waals surface area (Å²) in [6.45, 7) is 4.05. The highest BCUT2D eigenvalue weighted by molar-refractivity contribution is 9.09. The van der Waals surface area contributed by atoms with Crippen LogP contribution in [0.5, 0.6) is 0 Å². The van der Waals surface area contributed by atoms with E-state index in [1.807, 2.05) is 56.3 Å². The van der Waals surface area contributed by atoms with E-state index >= 15 is 0 Å². The fourth-order valence-corrected chi connectivity index (χ4v) is 7.00. The molecule has 30 heavy (non-hydrogen) atoms. The van der Waals surface area contributed by atoms with Gasteiger partial charge in [-0.1, -0.05) is 70.5 Å². The molecule has 1 aliphatic heterocycles. The van der Waals surface area contributed by atoms with Gasteiger partial charge in [0.2, 0.25) is 11.8 Å². The number of halogens is 1. The van der Waals surface area contributed by atoms with E-state index in [-0.39, 0.29) is 17.7 Å². The van der Waals surface area contributed by atoms with Crippen LogP contribution in [0.2, 0.25) is 0 Å². The van der Waals surface area contributed by atoms with Gasteiger partial charge in [-0.15, -0.1) is 0 Å². The van der Waals surface area contributed by atoms with Crippen LogP contribution in [0.15, 0.2) is 66.7 Å². The number of hydrogen-bond donors (Lipinski definition) is 0. The molecule has 1 heterocycles. The molecular formula is C26H20BrNO2. The van der Waals surface area contributed by atoms with Crippen molar-refractivity contribution >= 4 is 33.4 Å². The number of nitrogens with zero attached hydrogens (tertiary/aromatic N) is 1. The molecule has 2 amide bonds. The molecule has 3 aromatic rings. The third-order valence-electron chi connectivity index (χ3n) is 7.26. The number of benzene rings is 3. The zero-order valence-electron chi connectivity index (χ0n) is 16.7. The summed E-state index contributed by atoms with van der Waals surface area (Å²) in [6.07, 6.45) is 0. The number of rotatable bonds is 1. The number of imide groups is 1. The molecule has 0 N–H and O–H groups in total. The van der Waals surface area contributed by atoms with Crippen molar-refractivity contribution in [2.75, 3.05) is 4.90 Å². The van der Waals surface area contributed by atoms with Crippen LogP contribution in [-0.4, -0.2) is 11.8 Å². The summed E-state index contributed by atoms with van der Waals surface area (Å²) >= 11 is 4.03. The lowest BCUT2D eigenvalue weighted by atomic mass is 9.55. The lowest BCUT2D eigenvalue weighted by molar-refractivity contribution is -0.122. The van der Waals surface area contributed by atoms with E-state index in [0.717, 1.165) is 33.4 Å². The summed E-state index contributed by atoms with van der Waals surface area (Å²) < 4.78 is -0.694. The molecule has 148 valence electrons. The Balaban J connectivity index is 1.60. The molecule has 3 nitrogen and oxygen atoms in total. The zero-order chi connectivity index (χ0) is 20.8. The Labute approximate surface area is 183 Å². The van der Waals surface area contributed by atoms with E-state index in [2.05, 4.69) is 40.2 Å². The van der Waals surface area contributed by atoms with E-state index in [4.69, 9.17) is 0 Å². The highest BCUT2D eigenvalue weighted by Gasteiger charge is 2.67. The number of amides is 2. The Morgan fingerprint density at radius 1 is 0.800 bits per heavy atom. The molecule has 0 aromatic heterocycles. The lowest BCUT2D eigenvalue weighted by Gasteiger charge is -2.51. The second-order valence-electron chi connectivity index (χ2n) is 8.65. The van der Waals surface area contributed by atoms with Gasteiger partial charge in [-0.2, -0.15) is 0 Å². The maximum absolute atomic E-state index is 13.8. The highest BCUT2D eigenvalue weighted by atomic mass is 79.9. The van der Waals surface area contributed by atoms with Gasteiger partial charge in [0.05, 0.1) is 21.8 Å². The predicted octanol–water partition coefficient (Wildman–Crippen LogP) is 5.21. The molecule has 0 spiro atoms. The van der Waals surface area contributed by atoms with E-state index in [1.165, 1.54) is 4.90 Å². The molecule has 4 heteroatoms. The van der Waals surface area contributed by atoms with Gasteiger partial charge in [-0.3, -0.25) is 9.59 Å². The molecule has 0 saturated carbocycles. The molecular weight excluding hydrogens is 438 g/mol. The summed E-state index contributed by atoms with van der Waals surface area (Å²) in [5, 5.41) is 0. The Morgan fingerprint density at radius 3 is 2.00 bits per heavy atom. The molecule has 2 atom stereocenters. The van der Waals surface area contributed by atoms with Crippen LogP contribution >= 0.6 is 15.9 Å². The van der Waals surface area contributed by atoms with Crippen molar-refractivity contribution in [3.63, 3.8) is 0 Å². The summed E-state index contributed by atoms with van der Waals surface area (Å²) in [6, 6.07) is 22.3. The van der Waals surface area contributed by atoms with E-state index in [9.17, 15) is 9.59 Å². The van der Waals surface area contributed by atoms with Gasteiger partial charge in [0.1, 0.15) is 0 Å². The number of carbonyl (C=O) groups excluding carboxylic acids is 2. The average molecular weight is 458 g/mol. The average Bonchev–Trinajstić information content (AvgIpc) is 3.02. The Morgan fingerprint density at radius 2 is 1.40 bits per heavy atom. The molecule has 1 fully saturated rings. The third kappa shape index (κ3) is 2.00. The first-order valence-corrected chi connectivity index (χ1v) is 11.1. The molecule has 2 bridgehead atoms. The zero-order valence-corrected chi connectivity index (χ0v) is 18.3. The van der Waals surface area contributed by atoms with Crippen molar-refractivity contribution in [1.29, 1.82) is 0 Å². The smallest absolute Gasteiger partial charge is 0.239 e. The van der Waals surface area contributed by atoms with Crippen molar-refractivity contribution in [1.82, 2.24) is 0 Å². The van der Waals surface area contributed by atoms with Crippen molar-refractivity contribution in [3.8, 4) is 0 Å². The standard InChI is InChI=1S/C26H20BrNO2/c1-14-11-12-16(13-15(14)2)28-24(29)22-21-17-7-3-5-9-19(17)26(27,23(22)25(28)30)20-10-6-4-8-18(20)21/h3-13,21-23H,1-2H3/t21?,22-,23+,26?/m0/s1. The van der Waals surface area contributed by atoms with Gasteiger partial charge in [-0.05, 0) is 59.4 Å². The fraction of sp³-hybridized carbons (Fsp3) is 0.231. The number of anilines is 1. The number of alkyl halides is 1. The van der Waals surface area contributed by atoms with Gasteiger partial charge in [0.25, 0.3) is 0 Å². The minimum atomic E-state index is -0.694. The molecule has 3 aromatic carbocycles.